The van der Waals surface area contributed by atoms with Gasteiger partial charge in [-0.1, -0.05) is 27.7 Å². The zero-order chi connectivity index (χ0) is 19.8. The smallest absolute Gasteiger partial charge is 0.335 e. The molecule has 1 aromatic carbocycles. The number of carboxylic acid groups (broad SMARTS) is 1. The van der Waals surface area contributed by atoms with Crippen LogP contribution >= 0.6 is 0 Å². The van der Waals surface area contributed by atoms with Gasteiger partial charge in [0, 0.05) is 11.1 Å². The summed E-state index contributed by atoms with van der Waals surface area (Å²) in [6, 6.07) is 3.06. The Kier molecular flexibility index (Phi) is 6.13. The Balaban J connectivity index is 2.44. The molecule has 0 radical (unpaired) electrons. The van der Waals surface area contributed by atoms with Crippen LogP contribution in [0.25, 0.3) is 0 Å². The van der Waals surface area contributed by atoms with E-state index in [0.717, 1.165) is 0 Å². The van der Waals surface area contributed by atoms with Crippen LogP contribution in [0.4, 0.5) is 0 Å². The van der Waals surface area contributed by atoms with E-state index in [1.165, 1.54) is 12.1 Å². The summed E-state index contributed by atoms with van der Waals surface area (Å²) >= 11 is 0. The van der Waals surface area contributed by atoms with Crippen molar-refractivity contribution >= 4 is 5.97 Å². The topological polar surface area (TPSA) is 137 Å². The zero-order valence-electron chi connectivity index (χ0n) is 15.2. The second-order valence-electron chi connectivity index (χ2n) is 7.12. The average Bonchev–Trinajstić information content (AvgIpc) is 2.55. The molecule has 1 aliphatic heterocycles. The Morgan fingerprint density at radius 2 is 1.50 bits per heavy atom. The molecule has 0 amide bonds. The third-order valence-corrected chi connectivity index (χ3v) is 4.42. The number of phenols is 1. The van der Waals surface area contributed by atoms with Gasteiger partial charge in [-0.25, -0.2) is 4.79 Å². The number of aromatic hydroxyl groups is 1. The summed E-state index contributed by atoms with van der Waals surface area (Å²) in [5.74, 6) is -1.14. The summed E-state index contributed by atoms with van der Waals surface area (Å²) < 4.78 is 11.0. The zero-order valence-corrected chi connectivity index (χ0v) is 15.2. The molecule has 0 bridgehead atoms. The number of benzene rings is 1. The van der Waals surface area contributed by atoms with Crippen molar-refractivity contribution in [3.05, 3.63) is 23.3 Å². The summed E-state index contributed by atoms with van der Waals surface area (Å²) in [5.41, 5.74) is 1.30. The maximum Gasteiger partial charge on any atom is 0.335 e. The molecule has 5 unspecified atom stereocenters. The lowest BCUT2D eigenvalue weighted by atomic mass is 9.93. The second kappa shape index (κ2) is 7.79. The van der Waals surface area contributed by atoms with E-state index >= 15 is 0 Å². The van der Waals surface area contributed by atoms with Gasteiger partial charge in [-0.3, -0.25) is 0 Å². The maximum absolute atomic E-state index is 11.2. The third-order valence-electron chi connectivity index (χ3n) is 4.42. The number of aliphatic hydroxyl groups is 3. The first-order chi connectivity index (χ1) is 12.0. The molecule has 146 valence electrons. The van der Waals surface area contributed by atoms with E-state index < -0.39 is 36.7 Å². The van der Waals surface area contributed by atoms with Crippen LogP contribution in [-0.2, 0) is 9.53 Å². The van der Waals surface area contributed by atoms with Crippen molar-refractivity contribution in [2.45, 2.75) is 70.2 Å². The quantitative estimate of drug-likeness (QED) is 0.516. The number of aliphatic carboxylic acids is 1. The van der Waals surface area contributed by atoms with Crippen LogP contribution in [0.15, 0.2) is 12.1 Å². The van der Waals surface area contributed by atoms with Crippen molar-refractivity contribution in [1.29, 1.82) is 0 Å². The third kappa shape index (κ3) is 3.93. The highest BCUT2D eigenvalue weighted by Gasteiger charge is 2.48. The van der Waals surface area contributed by atoms with Gasteiger partial charge >= 0.3 is 5.97 Å². The van der Waals surface area contributed by atoms with E-state index in [2.05, 4.69) is 0 Å². The first-order valence-electron chi connectivity index (χ1n) is 8.50. The molecular weight excluding hydrogens is 344 g/mol. The van der Waals surface area contributed by atoms with Crippen LogP contribution in [0.5, 0.6) is 11.5 Å². The highest BCUT2D eigenvalue weighted by atomic mass is 16.7. The van der Waals surface area contributed by atoms with Gasteiger partial charge in [0.1, 0.15) is 29.8 Å². The van der Waals surface area contributed by atoms with Crippen molar-refractivity contribution < 1.29 is 39.8 Å². The monoisotopic (exact) mass is 370 g/mol. The van der Waals surface area contributed by atoms with E-state index in [1.54, 1.807) is 0 Å². The molecule has 1 aliphatic rings. The number of carboxylic acids is 1. The van der Waals surface area contributed by atoms with Crippen LogP contribution in [-0.4, -0.2) is 62.2 Å². The molecule has 5 atom stereocenters. The van der Waals surface area contributed by atoms with Crippen molar-refractivity contribution in [3.8, 4) is 11.5 Å². The lowest BCUT2D eigenvalue weighted by Gasteiger charge is -2.39. The molecule has 0 aromatic heterocycles. The molecule has 1 fully saturated rings. The summed E-state index contributed by atoms with van der Waals surface area (Å²) in [6.45, 7) is 7.57. The molecule has 8 heteroatoms. The molecule has 26 heavy (non-hydrogen) atoms. The summed E-state index contributed by atoms with van der Waals surface area (Å²) in [5, 5.41) is 49.0. The maximum atomic E-state index is 11.2. The Hall–Kier alpha value is -1.87. The number of ether oxygens (including phenoxy) is 2. The Bertz CT molecular complexity index is 628. The van der Waals surface area contributed by atoms with Gasteiger partial charge in [-0.05, 0) is 24.0 Å². The number of hydrogen-bond donors (Lipinski definition) is 5. The average molecular weight is 370 g/mol. The molecule has 5 N–H and O–H groups in total. The molecule has 0 aliphatic carbocycles. The van der Waals surface area contributed by atoms with Gasteiger partial charge in [0.2, 0.25) is 6.29 Å². The minimum atomic E-state index is -1.78. The predicted octanol–water partition coefficient (Wildman–Crippen LogP) is 0.910. The number of aliphatic hydroxyl groups excluding tert-OH is 3. The van der Waals surface area contributed by atoms with Crippen LogP contribution in [0, 0.1) is 0 Å². The van der Waals surface area contributed by atoms with Gasteiger partial charge in [0.05, 0.1) is 0 Å². The van der Waals surface area contributed by atoms with Gasteiger partial charge in [-0.15, -0.1) is 0 Å². The summed E-state index contributed by atoms with van der Waals surface area (Å²) in [6.07, 6.45) is -8.39. The van der Waals surface area contributed by atoms with E-state index in [-0.39, 0.29) is 17.6 Å². The van der Waals surface area contributed by atoms with E-state index in [1.807, 2.05) is 27.7 Å². The molecule has 1 aromatic rings. The highest BCUT2D eigenvalue weighted by Crippen LogP contribution is 2.39. The highest BCUT2D eigenvalue weighted by molar-refractivity contribution is 5.73. The number of phenolic OH excluding ortho intramolecular Hbond substituents is 1. The first kappa shape index (κ1) is 20.4. The minimum absolute atomic E-state index is 0.0406. The van der Waals surface area contributed by atoms with Gasteiger partial charge in [0.15, 0.2) is 6.10 Å². The Morgan fingerprint density at radius 3 is 1.92 bits per heavy atom. The van der Waals surface area contributed by atoms with Crippen LogP contribution in [0.3, 0.4) is 0 Å². The molecule has 8 nitrogen and oxygen atoms in total. The van der Waals surface area contributed by atoms with Crippen molar-refractivity contribution in [1.82, 2.24) is 0 Å². The van der Waals surface area contributed by atoms with Crippen LogP contribution in [0.2, 0.25) is 0 Å². The molecule has 1 heterocycles. The summed E-state index contributed by atoms with van der Waals surface area (Å²) in [4.78, 5) is 11.2. The summed E-state index contributed by atoms with van der Waals surface area (Å²) in [7, 11) is 0. The minimum Gasteiger partial charge on any atom is -0.508 e. The Morgan fingerprint density at radius 1 is 1.00 bits per heavy atom. The molecular formula is C18H26O8. The fourth-order valence-electron chi connectivity index (χ4n) is 2.92. The SMILES string of the molecule is CC(C)c1cc(O)cc(C(C)C)c1OC1OC(C(=O)O)C(O)C(O)C1O. The second-order valence-corrected chi connectivity index (χ2v) is 7.12. The standard InChI is InChI=1S/C18H26O8/c1-7(2)10-5-9(19)6-11(8(3)4)15(10)25-18-14(22)12(20)13(21)16(26-18)17(23)24/h5-8,12-14,16,18-22H,1-4H3,(H,23,24). The van der Waals surface area contributed by atoms with Gasteiger partial charge in [-0.2, -0.15) is 0 Å². The van der Waals surface area contributed by atoms with Crippen LogP contribution < -0.4 is 4.74 Å². The Labute approximate surface area is 151 Å². The molecule has 2 rings (SSSR count). The van der Waals surface area contributed by atoms with Crippen molar-refractivity contribution in [3.63, 3.8) is 0 Å². The van der Waals surface area contributed by atoms with Crippen LogP contribution in [0.1, 0.15) is 50.7 Å². The fraction of sp³-hybridized carbons (Fsp3) is 0.611. The fourth-order valence-corrected chi connectivity index (χ4v) is 2.92. The molecule has 0 spiro atoms. The number of carbonyl (C=O) groups is 1. The van der Waals surface area contributed by atoms with Gasteiger partial charge < -0.3 is 35.0 Å². The lowest BCUT2D eigenvalue weighted by Crippen LogP contribution is -2.61. The molecule has 1 saturated heterocycles. The first-order valence-corrected chi connectivity index (χ1v) is 8.50. The van der Waals surface area contributed by atoms with Crippen molar-refractivity contribution in [2.75, 3.05) is 0 Å². The molecule has 0 saturated carbocycles. The largest absolute Gasteiger partial charge is 0.508 e. The van der Waals surface area contributed by atoms with Crippen molar-refractivity contribution in [2.24, 2.45) is 0 Å². The van der Waals surface area contributed by atoms with E-state index in [4.69, 9.17) is 14.6 Å². The normalized spacial score (nSPS) is 29.2. The van der Waals surface area contributed by atoms with Gasteiger partial charge in [0.25, 0.3) is 0 Å². The lowest BCUT2D eigenvalue weighted by molar-refractivity contribution is -0.271. The number of hydrogen-bond acceptors (Lipinski definition) is 7. The van der Waals surface area contributed by atoms with E-state index in [0.29, 0.717) is 16.9 Å². The van der Waals surface area contributed by atoms with E-state index in [9.17, 15) is 25.2 Å². The predicted molar refractivity (Wildman–Crippen MR) is 91.2 cm³/mol. The number of rotatable bonds is 5.